The molecule has 1 aromatic carbocycles. The molecule has 2 fully saturated rings. The molecule has 0 radical (unpaired) electrons. The topological polar surface area (TPSA) is 46.0 Å². The maximum absolute atomic E-state index is 13.2. The molecule has 2 saturated heterocycles. The first-order valence-corrected chi connectivity index (χ1v) is 8.81. The second-order valence-electron chi connectivity index (χ2n) is 6.96. The second kappa shape index (κ2) is 7.58. The number of aromatic nitrogens is 3. The van der Waals surface area contributed by atoms with Crippen LogP contribution >= 0.6 is 24.0 Å². The van der Waals surface area contributed by atoms with E-state index in [4.69, 9.17) is 11.6 Å². The van der Waals surface area contributed by atoms with Gasteiger partial charge in [0.1, 0.15) is 5.82 Å². The SMILES string of the molecule is Cl.Fc1ccc(-n2cc(CN3CCC4(CCNCC4)C3)nn2)c(Cl)c1. The number of likely N-dealkylation sites (tertiary alicyclic amines) is 1. The molecule has 1 aromatic heterocycles. The fourth-order valence-electron chi connectivity index (χ4n) is 3.91. The largest absolute Gasteiger partial charge is 0.317 e. The number of benzene rings is 1. The van der Waals surface area contributed by atoms with E-state index in [2.05, 4.69) is 20.5 Å². The van der Waals surface area contributed by atoms with E-state index in [-0.39, 0.29) is 18.2 Å². The van der Waals surface area contributed by atoms with Gasteiger partial charge in [-0.1, -0.05) is 16.8 Å². The van der Waals surface area contributed by atoms with Crippen molar-refractivity contribution in [3.8, 4) is 5.69 Å². The van der Waals surface area contributed by atoms with Crippen LogP contribution in [-0.4, -0.2) is 46.1 Å². The first-order valence-electron chi connectivity index (χ1n) is 8.43. The fraction of sp³-hybridized carbons (Fsp3) is 0.529. The molecule has 0 aliphatic carbocycles. The molecule has 2 aliphatic heterocycles. The highest BCUT2D eigenvalue weighted by atomic mass is 35.5. The number of hydrogen-bond acceptors (Lipinski definition) is 4. The lowest BCUT2D eigenvalue weighted by molar-refractivity contribution is 0.193. The summed E-state index contributed by atoms with van der Waals surface area (Å²) in [6.45, 7) is 5.32. The normalized spacial score (nSPS) is 19.9. The number of hydrogen-bond donors (Lipinski definition) is 1. The van der Waals surface area contributed by atoms with Crippen LogP contribution in [0.5, 0.6) is 0 Å². The maximum atomic E-state index is 13.2. The molecule has 0 bridgehead atoms. The van der Waals surface area contributed by atoms with Crippen molar-refractivity contribution in [1.29, 1.82) is 0 Å². The fourth-order valence-corrected chi connectivity index (χ4v) is 4.17. The molecule has 2 aliphatic rings. The van der Waals surface area contributed by atoms with E-state index in [1.807, 2.05) is 6.20 Å². The van der Waals surface area contributed by atoms with Gasteiger partial charge in [0.15, 0.2) is 0 Å². The highest BCUT2D eigenvalue weighted by molar-refractivity contribution is 6.32. The van der Waals surface area contributed by atoms with E-state index >= 15 is 0 Å². The second-order valence-corrected chi connectivity index (χ2v) is 7.37. The molecule has 0 atom stereocenters. The summed E-state index contributed by atoms with van der Waals surface area (Å²) in [6.07, 6.45) is 5.68. The van der Waals surface area contributed by atoms with E-state index in [9.17, 15) is 4.39 Å². The molecule has 1 N–H and O–H groups in total. The van der Waals surface area contributed by atoms with E-state index < -0.39 is 0 Å². The van der Waals surface area contributed by atoms with Gasteiger partial charge in [0, 0.05) is 13.1 Å². The smallest absolute Gasteiger partial charge is 0.124 e. The standard InChI is InChI=1S/C17H21ClFN5.ClH/c18-15-9-13(19)1-2-16(15)24-11-14(21-22-24)10-23-8-5-17(12-23)3-6-20-7-4-17;/h1-2,9,11,20H,3-8,10,12H2;1H. The summed E-state index contributed by atoms with van der Waals surface area (Å²) in [6, 6.07) is 4.29. The quantitative estimate of drug-likeness (QED) is 0.881. The molecule has 4 rings (SSSR count). The predicted molar refractivity (Wildman–Crippen MR) is 98.0 cm³/mol. The third kappa shape index (κ3) is 3.97. The molecule has 136 valence electrons. The summed E-state index contributed by atoms with van der Waals surface area (Å²) in [7, 11) is 0. The summed E-state index contributed by atoms with van der Waals surface area (Å²) in [5, 5.41) is 12.2. The first kappa shape index (κ1) is 18.6. The lowest BCUT2D eigenvalue weighted by Crippen LogP contribution is -2.38. The highest BCUT2D eigenvalue weighted by Gasteiger charge is 2.38. The molecule has 1 spiro atoms. The molecule has 8 heteroatoms. The lowest BCUT2D eigenvalue weighted by atomic mass is 9.78. The monoisotopic (exact) mass is 385 g/mol. The van der Waals surface area contributed by atoms with Crippen molar-refractivity contribution in [1.82, 2.24) is 25.2 Å². The molecule has 25 heavy (non-hydrogen) atoms. The zero-order valence-corrected chi connectivity index (χ0v) is 15.5. The van der Waals surface area contributed by atoms with Gasteiger partial charge in [0.25, 0.3) is 0 Å². The van der Waals surface area contributed by atoms with Gasteiger partial charge in [0.2, 0.25) is 0 Å². The molecule has 0 saturated carbocycles. The number of piperidine rings is 1. The van der Waals surface area contributed by atoms with Gasteiger partial charge in [-0.25, -0.2) is 9.07 Å². The third-order valence-electron chi connectivity index (χ3n) is 5.26. The molecule has 2 aromatic rings. The van der Waals surface area contributed by atoms with E-state index in [0.717, 1.165) is 38.4 Å². The molecule has 0 unspecified atom stereocenters. The lowest BCUT2D eigenvalue weighted by Gasteiger charge is -2.33. The highest BCUT2D eigenvalue weighted by Crippen LogP contribution is 2.38. The molecule has 5 nitrogen and oxygen atoms in total. The Bertz CT molecular complexity index is 730. The van der Waals surface area contributed by atoms with Crippen molar-refractivity contribution in [2.75, 3.05) is 26.2 Å². The van der Waals surface area contributed by atoms with Gasteiger partial charge in [-0.3, -0.25) is 4.90 Å². The van der Waals surface area contributed by atoms with Crippen molar-refractivity contribution < 1.29 is 4.39 Å². The van der Waals surface area contributed by atoms with Crippen LogP contribution in [0.25, 0.3) is 5.69 Å². The van der Waals surface area contributed by atoms with E-state index in [1.54, 1.807) is 10.7 Å². The van der Waals surface area contributed by atoms with Crippen molar-refractivity contribution >= 4 is 24.0 Å². The molecule has 0 amide bonds. The number of rotatable bonds is 3. The zero-order chi connectivity index (χ0) is 16.6. The predicted octanol–water partition coefficient (Wildman–Crippen LogP) is 3.06. The molecule has 3 heterocycles. The van der Waals surface area contributed by atoms with E-state index in [0.29, 0.717) is 16.1 Å². The van der Waals surface area contributed by atoms with Crippen molar-refractivity contribution in [3.63, 3.8) is 0 Å². The van der Waals surface area contributed by atoms with Gasteiger partial charge >= 0.3 is 0 Å². The maximum Gasteiger partial charge on any atom is 0.124 e. The van der Waals surface area contributed by atoms with Crippen molar-refractivity contribution in [3.05, 3.63) is 40.9 Å². The van der Waals surface area contributed by atoms with Crippen LogP contribution < -0.4 is 5.32 Å². The van der Waals surface area contributed by atoms with Crippen LogP contribution in [0.3, 0.4) is 0 Å². The van der Waals surface area contributed by atoms with Crippen molar-refractivity contribution in [2.45, 2.75) is 25.8 Å². The summed E-state index contributed by atoms with van der Waals surface area (Å²) in [5.41, 5.74) is 2.05. The Morgan fingerprint density at radius 2 is 2.04 bits per heavy atom. The first-order chi connectivity index (χ1) is 11.6. The Kier molecular flexibility index (Phi) is 5.63. The summed E-state index contributed by atoms with van der Waals surface area (Å²) >= 11 is 6.10. The Morgan fingerprint density at radius 3 is 2.80 bits per heavy atom. The van der Waals surface area contributed by atoms with Crippen LogP contribution in [0.4, 0.5) is 4.39 Å². The van der Waals surface area contributed by atoms with E-state index in [1.165, 1.54) is 31.4 Å². The van der Waals surface area contributed by atoms with Crippen LogP contribution in [0.15, 0.2) is 24.4 Å². The molecular formula is C17H22Cl2FN5. The number of halogens is 3. The average Bonchev–Trinajstić information content (AvgIpc) is 3.16. The number of nitrogens with one attached hydrogen (secondary N) is 1. The zero-order valence-electron chi connectivity index (χ0n) is 13.9. The Labute approximate surface area is 157 Å². The third-order valence-corrected chi connectivity index (χ3v) is 5.57. The van der Waals surface area contributed by atoms with Gasteiger partial charge in [-0.15, -0.1) is 17.5 Å². The van der Waals surface area contributed by atoms with Crippen LogP contribution in [0.2, 0.25) is 5.02 Å². The number of nitrogens with zero attached hydrogens (tertiary/aromatic N) is 4. The minimum absolute atomic E-state index is 0. The van der Waals surface area contributed by atoms with Crippen LogP contribution in [0, 0.1) is 11.2 Å². The van der Waals surface area contributed by atoms with Gasteiger partial charge < -0.3 is 5.32 Å². The Balaban J connectivity index is 0.00000182. The summed E-state index contributed by atoms with van der Waals surface area (Å²) in [5.74, 6) is -0.353. The Morgan fingerprint density at radius 1 is 1.24 bits per heavy atom. The summed E-state index contributed by atoms with van der Waals surface area (Å²) < 4.78 is 14.8. The summed E-state index contributed by atoms with van der Waals surface area (Å²) in [4.78, 5) is 2.46. The van der Waals surface area contributed by atoms with Gasteiger partial charge in [-0.2, -0.15) is 0 Å². The minimum atomic E-state index is -0.353. The van der Waals surface area contributed by atoms with Crippen molar-refractivity contribution in [2.24, 2.45) is 5.41 Å². The molecular weight excluding hydrogens is 364 g/mol. The van der Waals surface area contributed by atoms with Crippen LogP contribution in [-0.2, 0) is 6.54 Å². The minimum Gasteiger partial charge on any atom is -0.317 e. The van der Waals surface area contributed by atoms with Gasteiger partial charge in [0.05, 0.1) is 22.6 Å². The van der Waals surface area contributed by atoms with Gasteiger partial charge in [-0.05, 0) is 62.5 Å². The Hall–Kier alpha value is -1.21. The average molecular weight is 386 g/mol. The van der Waals surface area contributed by atoms with Crippen LogP contribution in [0.1, 0.15) is 25.0 Å².